The van der Waals surface area contributed by atoms with Gasteiger partial charge < -0.3 is 9.84 Å². The molecule has 1 aromatic carbocycles. The highest BCUT2D eigenvalue weighted by molar-refractivity contribution is 5.46. The number of aliphatic hydroxyl groups excluding tert-OH is 1. The van der Waals surface area contributed by atoms with E-state index in [2.05, 4.69) is 0 Å². The second-order valence-corrected chi connectivity index (χ2v) is 3.15. The molecule has 1 rings (SSSR count). The van der Waals surface area contributed by atoms with Crippen molar-refractivity contribution in [3.8, 4) is 5.75 Å². The van der Waals surface area contributed by atoms with Crippen LogP contribution in [0.3, 0.4) is 0 Å². The topological polar surface area (TPSA) is 72.6 Å². The normalized spacial score (nSPS) is 10.1. The number of nitro groups is 1. The fourth-order valence-electron chi connectivity index (χ4n) is 1.15. The molecule has 6 heteroatoms. The van der Waals surface area contributed by atoms with E-state index in [0.29, 0.717) is 12.8 Å². The standard InChI is InChI=1S/C10H12FNO4/c11-8-3-4-9(12(14)15)10(7-8)16-6-2-1-5-13/h3-4,7,13H,1-2,5-6H2. The third kappa shape index (κ3) is 3.47. The fourth-order valence-corrected chi connectivity index (χ4v) is 1.15. The fraction of sp³-hybridized carbons (Fsp3) is 0.400. The zero-order valence-electron chi connectivity index (χ0n) is 8.56. The third-order valence-corrected chi connectivity index (χ3v) is 1.93. The minimum absolute atomic E-state index is 0.0363. The summed E-state index contributed by atoms with van der Waals surface area (Å²) in [4.78, 5) is 9.96. The molecule has 0 aliphatic carbocycles. The van der Waals surface area contributed by atoms with E-state index in [0.717, 1.165) is 18.2 Å². The average molecular weight is 229 g/mol. The monoisotopic (exact) mass is 229 g/mol. The van der Waals surface area contributed by atoms with Crippen molar-refractivity contribution in [1.82, 2.24) is 0 Å². The van der Waals surface area contributed by atoms with Crippen LogP contribution in [-0.2, 0) is 0 Å². The van der Waals surface area contributed by atoms with Crippen molar-refractivity contribution in [1.29, 1.82) is 0 Å². The number of halogens is 1. The first kappa shape index (κ1) is 12.4. The number of hydrogen-bond acceptors (Lipinski definition) is 4. The van der Waals surface area contributed by atoms with E-state index in [-0.39, 0.29) is 24.7 Å². The summed E-state index contributed by atoms with van der Waals surface area (Å²) in [5.74, 6) is -0.661. The molecular formula is C10H12FNO4. The number of rotatable bonds is 6. The average Bonchev–Trinajstić information content (AvgIpc) is 2.24. The zero-order chi connectivity index (χ0) is 12.0. The molecule has 0 saturated carbocycles. The smallest absolute Gasteiger partial charge is 0.311 e. The second kappa shape index (κ2) is 6.02. The number of benzene rings is 1. The molecule has 88 valence electrons. The van der Waals surface area contributed by atoms with Crippen LogP contribution in [0.25, 0.3) is 0 Å². The Morgan fingerprint density at radius 2 is 2.19 bits per heavy atom. The Balaban J connectivity index is 2.68. The van der Waals surface area contributed by atoms with E-state index in [9.17, 15) is 14.5 Å². The minimum atomic E-state index is -0.624. The molecule has 0 spiro atoms. The van der Waals surface area contributed by atoms with Gasteiger partial charge in [0.2, 0.25) is 0 Å². The number of ether oxygens (including phenoxy) is 1. The SMILES string of the molecule is O=[N+]([O-])c1ccc(F)cc1OCCCCO. The Morgan fingerprint density at radius 3 is 2.81 bits per heavy atom. The van der Waals surface area contributed by atoms with Crippen LogP contribution in [0.5, 0.6) is 5.75 Å². The van der Waals surface area contributed by atoms with Gasteiger partial charge in [0.25, 0.3) is 0 Å². The van der Waals surface area contributed by atoms with Gasteiger partial charge in [0.05, 0.1) is 11.5 Å². The van der Waals surface area contributed by atoms with E-state index in [1.54, 1.807) is 0 Å². The molecule has 1 N–H and O–H groups in total. The summed E-state index contributed by atoms with van der Waals surface area (Å²) in [6.07, 6.45) is 1.10. The van der Waals surface area contributed by atoms with E-state index < -0.39 is 10.7 Å². The van der Waals surface area contributed by atoms with Gasteiger partial charge in [-0.05, 0) is 18.9 Å². The van der Waals surface area contributed by atoms with Crippen LogP contribution in [0.15, 0.2) is 18.2 Å². The molecule has 0 radical (unpaired) electrons. The first-order valence-electron chi connectivity index (χ1n) is 4.82. The van der Waals surface area contributed by atoms with Crippen molar-refractivity contribution in [2.24, 2.45) is 0 Å². The van der Waals surface area contributed by atoms with Crippen molar-refractivity contribution < 1.29 is 19.2 Å². The first-order chi connectivity index (χ1) is 7.65. The maximum absolute atomic E-state index is 12.8. The molecule has 0 aromatic heterocycles. The molecule has 0 aliphatic heterocycles. The van der Waals surface area contributed by atoms with Crippen LogP contribution in [0.2, 0.25) is 0 Å². The summed E-state index contributed by atoms with van der Waals surface area (Å²) in [6, 6.07) is 3.06. The van der Waals surface area contributed by atoms with E-state index in [1.807, 2.05) is 0 Å². The largest absolute Gasteiger partial charge is 0.487 e. The quantitative estimate of drug-likeness (QED) is 0.459. The molecular weight excluding hydrogens is 217 g/mol. The number of hydrogen-bond donors (Lipinski definition) is 1. The molecule has 0 aliphatic rings. The van der Waals surface area contributed by atoms with Crippen molar-refractivity contribution in [3.05, 3.63) is 34.1 Å². The highest BCUT2D eigenvalue weighted by Gasteiger charge is 2.15. The third-order valence-electron chi connectivity index (χ3n) is 1.93. The van der Waals surface area contributed by atoms with E-state index in [1.165, 1.54) is 0 Å². The molecule has 0 heterocycles. The number of unbranched alkanes of at least 4 members (excludes halogenated alkanes) is 1. The molecule has 1 aromatic rings. The van der Waals surface area contributed by atoms with Crippen LogP contribution in [0.1, 0.15) is 12.8 Å². The van der Waals surface area contributed by atoms with Gasteiger partial charge in [-0.3, -0.25) is 10.1 Å². The minimum Gasteiger partial charge on any atom is -0.487 e. The Kier molecular flexibility index (Phi) is 4.65. The highest BCUT2D eigenvalue weighted by Crippen LogP contribution is 2.27. The molecule has 5 nitrogen and oxygen atoms in total. The Labute approximate surface area is 91.6 Å². The second-order valence-electron chi connectivity index (χ2n) is 3.15. The lowest BCUT2D eigenvalue weighted by atomic mass is 10.3. The summed E-state index contributed by atoms with van der Waals surface area (Å²) in [6.45, 7) is 0.249. The predicted molar refractivity (Wildman–Crippen MR) is 54.9 cm³/mol. The summed E-state index contributed by atoms with van der Waals surface area (Å²) in [5, 5.41) is 19.1. The summed E-state index contributed by atoms with van der Waals surface area (Å²) in [5.41, 5.74) is -0.259. The molecule has 0 saturated heterocycles. The van der Waals surface area contributed by atoms with Crippen LogP contribution >= 0.6 is 0 Å². The summed E-state index contributed by atoms with van der Waals surface area (Å²) >= 11 is 0. The van der Waals surface area contributed by atoms with Crippen LogP contribution in [0.4, 0.5) is 10.1 Å². The first-order valence-corrected chi connectivity index (χ1v) is 4.82. The predicted octanol–water partition coefficient (Wildman–Crippen LogP) is 1.89. The van der Waals surface area contributed by atoms with Gasteiger partial charge in [-0.1, -0.05) is 0 Å². The maximum atomic E-state index is 12.8. The van der Waals surface area contributed by atoms with Crippen molar-refractivity contribution in [2.45, 2.75) is 12.8 Å². The maximum Gasteiger partial charge on any atom is 0.311 e. The summed E-state index contributed by atoms with van der Waals surface area (Å²) in [7, 11) is 0. The zero-order valence-corrected chi connectivity index (χ0v) is 8.56. The number of nitrogens with zero attached hydrogens (tertiary/aromatic N) is 1. The van der Waals surface area contributed by atoms with E-state index >= 15 is 0 Å². The lowest BCUT2D eigenvalue weighted by molar-refractivity contribution is -0.385. The Bertz CT molecular complexity index is 370. The van der Waals surface area contributed by atoms with Crippen molar-refractivity contribution >= 4 is 5.69 Å². The molecule has 0 atom stereocenters. The lowest BCUT2D eigenvalue weighted by Crippen LogP contribution is -2.01. The molecule has 0 unspecified atom stereocenters. The van der Waals surface area contributed by atoms with Gasteiger partial charge in [0.1, 0.15) is 5.82 Å². The molecule has 16 heavy (non-hydrogen) atoms. The number of nitro benzene ring substituents is 1. The molecule has 0 bridgehead atoms. The lowest BCUT2D eigenvalue weighted by Gasteiger charge is -2.05. The Morgan fingerprint density at radius 1 is 1.44 bits per heavy atom. The number of aliphatic hydroxyl groups is 1. The van der Waals surface area contributed by atoms with Gasteiger partial charge in [0, 0.05) is 18.7 Å². The van der Waals surface area contributed by atoms with Crippen LogP contribution in [0, 0.1) is 15.9 Å². The highest BCUT2D eigenvalue weighted by atomic mass is 19.1. The summed E-state index contributed by atoms with van der Waals surface area (Å²) < 4.78 is 17.9. The van der Waals surface area contributed by atoms with Crippen molar-refractivity contribution in [2.75, 3.05) is 13.2 Å². The van der Waals surface area contributed by atoms with Gasteiger partial charge in [-0.2, -0.15) is 0 Å². The van der Waals surface area contributed by atoms with Crippen LogP contribution in [-0.4, -0.2) is 23.2 Å². The van der Waals surface area contributed by atoms with Gasteiger partial charge in [-0.15, -0.1) is 0 Å². The van der Waals surface area contributed by atoms with Gasteiger partial charge >= 0.3 is 5.69 Å². The molecule has 0 fully saturated rings. The molecule has 0 amide bonds. The van der Waals surface area contributed by atoms with E-state index in [4.69, 9.17) is 9.84 Å². The van der Waals surface area contributed by atoms with Gasteiger partial charge in [0.15, 0.2) is 5.75 Å². The van der Waals surface area contributed by atoms with Crippen molar-refractivity contribution in [3.63, 3.8) is 0 Å². The van der Waals surface area contributed by atoms with Gasteiger partial charge in [-0.25, -0.2) is 4.39 Å². The van der Waals surface area contributed by atoms with Crippen LogP contribution < -0.4 is 4.74 Å². The Hall–Kier alpha value is -1.69.